The number of piperidine rings is 1. The van der Waals surface area contributed by atoms with E-state index in [2.05, 4.69) is 24.6 Å². The second-order valence-corrected chi connectivity index (χ2v) is 10.9. The lowest BCUT2D eigenvalue weighted by Crippen LogP contribution is -2.40. The number of hydrogen-bond donors (Lipinski definition) is 4. The molecule has 2 fully saturated rings. The van der Waals surface area contributed by atoms with Gasteiger partial charge < -0.3 is 29.2 Å². The summed E-state index contributed by atoms with van der Waals surface area (Å²) in [5.74, 6) is 0.0920. The normalized spacial score (nSPS) is 31.5. The van der Waals surface area contributed by atoms with Crippen molar-refractivity contribution in [1.82, 2.24) is 4.90 Å². The van der Waals surface area contributed by atoms with Crippen molar-refractivity contribution < 1.29 is 51.2 Å². The molecule has 27 heavy (non-hydrogen) atoms. The summed E-state index contributed by atoms with van der Waals surface area (Å²) in [7, 11) is -16.1. The largest absolute Gasteiger partial charge is 0.490 e. The van der Waals surface area contributed by atoms with Gasteiger partial charge in [-0.05, 0) is 25.7 Å². The first kappa shape index (κ1) is 23.2. The Kier molecular flexibility index (Phi) is 7.50. The van der Waals surface area contributed by atoms with Crippen LogP contribution in [0, 0.1) is 5.92 Å². The molecule has 0 spiro atoms. The van der Waals surface area contributed by atoms with Crippen LogP contribution >= 0.6 is 23.5 Å². The fourth-order valence-electron chi connectivity index (χ4n) is 3.11. The van der Waals surface area contributed by atoms with Crippen LogP contribution in [-0.4, -0.2) is 50.0 Å². The molecule has 4 N–H and O–H groups in total. The molecule has 0 bridgehead atoms. The third-order valence-corrected chi connectivity index (χ3v) is 7.92. The summed E-state index contributed by atoms with van der Waals surface area (Å²) in [6.07, 6.45) is 2.61. The van der Waals surface area contributed by atoms with Gasteiger partial charge in [-0.25, -0.2) is 13.7 Å². The maximum absolute atomic E-state index is 11.8. The minimum atomic E-state index is -5.51. The second-order valence-electron chi connectivity index (χ2n) is 6.47. The standard InChI is InChI=1S/C12H24NO11P3/c1-9-7-11(22-12(9)13-6-4-3-5-10(13)2)8-21-26(17,18)24-27(19,20)23-25(14,15)16/h9,11-12H,2-8H2,1H3,(H,17,18)(H,19,20)(H2,14,15,16). The van der Waals surface area contributed by atoms with Gasteiger partial charge in [0.25, 0.3) is 0 Å². The molecule has 0 radical (unpaired) electrons. The van der Waals surface area contributed by atoms with Crippen molar-refractivity contribution >= 4 is 23.5 Å². The van der Waals surface area contributed by atoms with E-state index in [0.29, 0.717) is 6.42 Å². The molecule has 0 aliphatic carbocycles. The van der Waals surface area contributed by atoms with Crippen LogP contribution in [0.5, 0.6) is 0 Å². The Hall–Kier alpha value is -0.0900. The molecule has 2 saturated heterocycles. The van der Waals surface area contributed by atoms with Crippen molar-refractivity contribution in [2.24, 2.45) is 5.92 Å². The average Bonchev–Trinajstić information content (AvgIpc) is 2.83. The van der Waals surface area contributed by atoms with E-state index < -0.39 is 36.2 Å². The summed E-state index contributed by atoms with van der Waals surface area (Å²) < 4.78 is 51.5. The highest BCUT2D eigenvalue weighted by Gasteiger charge is 2.42. The zero-order valence-electron chi connectivity index (χ0n) is 14.6. The highest BCUT2D eigenvalue weighted by Crippen LogP contribution is 2.66. The molecule has 2 aliphatic rings. The van der Waals surface area contributed by atoms with Crippen LogP contribution in [0.2, 0.25) is 0 Å². The van der Waals surface area contributed by atoms with Gasteiger partial charge in [0.15, 0.2) is 0 Å². The lowest BCUT2D eigenvalue weighted by molar-refractivity contribution is -0.0694. The Labute approximate surface area is 156 Å². The van der Waals surface area contributed by atoms with Crippen molar-refractivity contribution in [3.63, 3.8) is 0 Å². The summed E-state index contributed by atoms with van der Waals surface area (Å²) in [5, 5.41) is 0. The molecule has 12 nitrogen and oxygen atoms in total. The second kappa shape index (κ2) is 8.73. The van der Waals surface area contributed by atoms with Crippen LogP contribution in [-0.2, 0) is 31.6 Å². The van der Waals surface area contributed by atoms with Gasteiger partial charge in [-0.1, -0.05) is 13.5 Å². The van der Waals surface area contributed by atoms with E-state index in [-0.39, 0.29) is 12.1 Å². The predicted molar refractivity (Wildman–Crippen MR) is 92.0 cm³/mol. The van der Waals surface area contributed by atoms with Gasteiger partial charge in [0.05, 0.1) is 12.7 Å². The Morgan fingerprint density at radius 3 is 2.41 bits per heavy atom. The van der Waals surface area contributed by atoms with E-state index in [9.17, 15) is 18.6 Å². The first-order valence-electron chi connectivity index (χ1n) is 8.16. The summed E-state index contributed by atoms with van der Waals surface area (Å²) in [4.78, 5) is 37.6. The van der Waals surface area contributed by atoms with Gasteiger partial charge in [-0.3, -0.25) is 4.52 Å². The highest BCUT2D eigenvalue weighted by atomic mass is 31.3. The molecule has 5 unspecified atom stereocenters. The molecular weight excluding hydrogens is 427 g/mol. The number of allylic oxidation sites excluding steroid dienone is 1. The quantitative estimate of drug-likeness (QED) is 0.397. The molecule has 0 saturated carbocycles. The molecule has 0 aromatic heterocycles. The molecule has 0 aromatic carbocycles. The first-order valence-corrected chi connectivity index (χ1v) is 12.7. The summed E-state index contributed by atoms with van der Waals surface area (Å²) in [6, 6.07) is 0. The van der Waals surface area contributed by atoms with Gasteiger partial charge >= 0.3 is 23.5 Å². The molecule has 15 heteroatoms. The first-order chi connectivity index (χ1) is 12.3. The lowest BCUT2D eigenvalue weighted by atomic mass is 10.0. The highest BCUT2D eigenvalue weighted by molar-refractivity contribution is 7.66. The smallest absolute Gasteiger partial charge is 0.352 e. The molecule has 5 atom stereocenters. The van der Waals surface area contributed by atoms with E-state index in [1.54, 1.807) is 0 Å². The van der Waals surface area contributed by atoms with Gasteiger partial charge in [-0.15, -0.1) is 0 Å². The van der Waals surface area contributed by atoms with Gasteiger partial charge in [-0.2, -0.15) is 8.62 Å². The fourth-order valence-corrected chi connectivity index (χ4v) is 6.16. The number of nitrogens with zero attached hydrogens (tertiary/aromatic N) is 1. The fraction of sp³-hybridized carbons (Fsp3) is 0.833. The Bertz CT molecular complexity index is 694. The van der Waals surface area contributed by atoms with Crippen LogP contribution in [0.3, 0.4) is 0 Å². The summed E-state index contributed by atoms with van der Waals surface area (Å²) in [5.41, 5.74) is 0.964. The number of rotatable bonds is 8. The summed E-state index contributed by atoms with van der Waals surface area (Å²) >= 11 is 0. The SMILES string of the molecule is C=C1CCCCN1C1OC(COP(=O)(O)OP(=O)(O)OP(=O)(O)O)CC1C. The van der Waals surface area contributed by atoms with Gasteiger partial charge in [0, 0.05) is 18.2 Å². The molecule has 0 aromatic rings. The van der Waals surface area contributed by atoms with Crippen LogP contribution < -0.4 is 0 Å². The molecule has 158 valence electrons. The van der Waals surface area contributed by atoms with E-state index >= 15 is 0 Å². The molecule has 0 amide bonds. The Balaban J connectivity index is 1.88. The molecule has 2 heterocycles. The number of phosphoric acid groups is 3. The van der Waals surface area contributed by atoms with Crippen LogP contribution in [0.15, 0.2) is 12.3 Å². The van der Waals surface area contributed by atoms with E-state index in [0.717, 1.165) is 31.5 Å². The lowest BCUT2D eigenvalue weighted by Gasteiger charge is -2.37. The Morgan fingerprint density at radius 1 is 1.15 bits per heavy atom. The molecule has 2 rings (SSSR count). The van der Waals surface area contributed by atoms with Gasteiger partial charge in [0.1, 0.15) is 6.23 Å². The number of ether oxygens (including phenoxy) is 1. The van der Waals surface area contributed by atoms with Gasteiger partial charge in [0.2, 0.25) is 0 Å². The van der Waals surface area contributed by atoms with Crippen LogP contribution in [0.1, 0.15) is 32.6 Å². The average molecular weight is 451 g/mol. The zero-order valence-corrected chi connectivity index (χ0v) is 17.3. The van der Waals surface area contributed by atoms with E-state index in [4.69, 9.17) is 19.4 Å². The van der Waals surface area contributed by atoms with Crippen molar-refractivity contribution in [1.29, 1.82) is 0 Å². The van der Waals surface area contributed by atoms with E-state index in [1.165, 1.54) is 0 Å². The summed E-state index contributed by atoms with van der Waals surface area (Å²) in [6.45, 7) is 6.36. The minimum Gasteiger partial charge on any atom is -0.352 e. The van der Waals surface area contributed by atoms with Crippen molar-refractivity contribution in [3.05, 3.63) is 12.3 Å². The van der Waals surface area contributed by atoms with Crippen LogP contribution in [0.4, 0.5) is 0 Å². The van der Waals surface area contributed by atoms with Crippen molar-refractivity contribution in [2.75, 3.05) is 13.2 Å². The van der Waals surface area contributed by atoms with Crippen LogP contribution in [0.25, 0.3) is 0 Å². The Morgan fingerprint density at radius 2 is 1.81 bits per heavy atom. The zero-order chi connectivity index (χ0) is 20.5. The van der Waals surface area contributed by atoms with Crippen molar-refractivity contribution in [3.8, 4) is 0 Å². The predicted octanol–water partition coefficient (Wildman–Crippen LogP) is 2.08. The number of phosphoric ester groups is 1. The number of hydrogen-bond acceptors (Lipinski definition) is 8. The van der Waals surface area contributed by atoms with E-state index in [1.807, 2.05) is 6.92 Å². The van der Waals surface area contributed by atoms with Crippen molar-refractivity contribution in [2.45, 2.75) is 44.9 Å². The maximum atomic E-state index is 11.8. The third kappa shape index (κ3) is 7.34. The third-order valence-electron chi connectivity index (χ3n) is 4.12. The molecule has 2 aliphatic heterocycles. The number of likely N-dealkylation sites (tertiary alicyclic amines) is 1. The molecular formula is C12H24NO11P3. The topological polar surface area (TPSA) is 172 Å². The maximum Gasteiger partial charge on any atom is 0.490 e. The minimum absolute atomic E-state index is 0.0920. The monoisotopic (exact) mass is 451 g/mol.